The van der Waals surface area contributed by atoms with E-state index in [1.54, 1.807) is 0 Å². The molecule has 1 aliphatic carbocycles. The van der Waals surface area contributed by atoms with Crippen molar-refractivity contribution in [2.75, 3.05) is 20.3 Å². The van der Waals surface area contributed by atoms with E-state index in [4.69, 9.17) is 9.15 Å². The fourth-order valence-electron chi connectivity index (χ4n) is 5.37. The Morgan fingerprint density at radius 3 is 2.60 bits per heavy atom. The minimum atomic E-state index is -4.69. The number of alkyl halides is 5. The van der Waals surface area contributed by atoms with Gasteiger partial charge >= 0.3 is 12.2 Å². The zero-order valence-electron chi connectivity index (χ0n) is 22.4. The summed E-state index contributed by atoms with van der Waals surface area (Å²) in [7, 11) is 2.77. The molecule has 1 saturated carbocycles. The summed E-state index contributed by atoms with van der Waals surface area (Å²) in [6, 6.07) is -2.90. The Morgan fingerprint density at radius 2 is 2.00 bits per heavy atom. The summed E-state index contributed by atoms with van der Waals surface area (Å²) in [4.78, 5) is 34.6. The number of hydrogen-bond acceptors (Lipinski definition) is 7. The topological polar surface area (TPSA) is 127 Å². The maximum atomic E-state index is 15.4. The van der Waals surface area contributed by atoms with Crippen molar-refractivity contribution < 1.29 is 45.1 Å². The molecule has 17 heteroatoms. The van der Waals surface area contributed by atoms with E-state index < -0.39 is 73.3 Å². The van der Waals surface area contributed by atoms with Crippen molar-refractivity contribution in [3.05, 3.63) is 41.6 Å². The first-order valence-corrected chi connectivity index (χ1v) is 13.0. The zero-order valence-corrected chi connectivity index (χ0v) is 22.4. The highest BCUT2D eigenvalue weighted by Crippen LogP contribution is 2.42. The number of nitrogens with zero attached hydrogens (tertiary/aromatic N) is 5. The Morgan fingerprint density at radius 1 is 1.29 bits per heavy atom. The van der Waals surface area contributed by atoms with Crippen LogP contribution in [-0.4, -0.2) is 75.0 Å². The van der Waals surface area contributed by atoms with Gasteiger partial charge in [-0.1, -0.05) is 0 Å². The number of benzene rings is 1. The van der Waals surface area contributed by atoms with Crippen LogP contribution in [0.15, 0.2) is 22.9 Å². The highest BCUT2D eigenvalue weighted by atomic mass is 19.4. The molecule has 1 saturated heterocycles. The summed E-state index contributed by atoms with van der Waals surface area (Å²) < 4.78 is 95.1. The Balaban J connectivity index is 1.49. The summed E-state index contributed by atoms with van der Waals surface area (Å²) in [6.45, 7) is -0.969. The lowest BCUT2D eigenvalue weighted by atomic mass is 9.82. The lowest BCUT2D eigenvalue weighted by Crippen LogP contribution is -2.40. The van der Waals surface area contributed by atoms with E-state index >= 15 is 4.39 Å². The van der Waals surface area contributed by atoms with Crippen LogP contribution >= 0.6 is 0 Å². The third-order valence-corrected chi connectivity index (χ3v) is 7.60. The van der Waals surface area contributed by atoms with Gasteiger partial charge in [0.25, 0.3) is 5.91 Å². The Hall–Kier alpha value is -3.89. The van der Waals surface area contributed by atoms with Gasteiger partial charge in [-0.25, -0.2) is 32.6 Å². The fraction of sp³-hybridized carbons (Fsp3) is 0.560. The molecule has 228 valence electrons. The standard InChI is InChI=1S/C25H27F6N7O4/c1-37-20(32-11-33-37)21(39)36-18(12-3-5-24(27,28)6-4-12)22-34-15-8-13(7-14(26)19(15)42-22)16(10-41-2)38-9-17(25(29,30)31)35-23(38)40/h7-8,11-12,16-18H,3-6,9-10H2,1-2H3,(H,35,40)(H,36,39). The van der Waals surface area contributed by atoms with Crippen LogP contribution in [0.4, 0.5) is 31.1 Å². The zero-order chi connectivity index (χ0) is 30.4. The largest absolute Gasteiger partial charge is 0.435 e. The molecule has 2 aromatic heterocycles. The number of methoxy groups -OCH3 is 1. The molecular formula is C25H27F6N7O4. The van der Waals surface area contributed by atoms with Gasteiger partial charge in [0.1, 0.15) is 23.9 Å². The van der Waals surface area contributed by atoms with Gasteiger partial charge in [-0.05, 0) is 36.5 Å². The average Bonchev–Trinajstić information content (AvgIpc) is 3.64. The third kappa shape index (κ3) is 5.87. The van der Waals surface area contributed by atoms with Gasteiger partial charge in [0.15, 0.2) is 11.4 Å². The molecule has 42 heavy (non-hydrogen) atoms. The summed E-state index contributed by atoms with van der Waals surface area (Å²) in [5, 5.41) is 8.43. The third-order valence-electron chi connectivity index (χ3n) is 7.60. The average molecular weight is 604 g/mol. The first-order valence-electron chi connectivity index (χ1n) is 13.0. The van der Waals surface area contributed by atoms with Crippen molar-refractivity contribution in [2.24, 2.45) is 13.0 Å². The van der Waals surface area contributed by atoms with Gasteiger partial charge < -0.3 is 24.7 Å². The van der Waals surface area contributed by atoms with E-state index in [0.29, 0.717) is 0 Å². The highest BCUT2D eigenvalue weighted by molar-refractivity contribution is 5.90. The van der Waals surface area contributed by atoms with Crippen LogP contribution in [0.25, 0.3) is 11.1 Å². The van der Waals surface area contributed by atoms with Gasteiger partial charge in [0.05, 0.1) is 19.2 Å². The molecule has 11 nitrogen and oxygen atoms in total. The van der Waals surface area contributed by atoms with E-state index in [-0.39, 0.29) is 47.8 Å². The van der Waals surface area contributed by atoms with Gasteiger partial charge in [-0.15, -0.1) is 0 Å². The number of halogens is 6. The van der Waals surface area contributed by atoms with Crippen LogP contribution in [0.1, 0.15) is 59.8 Å². The summed E-state index contributed by atoms with van der Waals surface area (Å²) >= 11 is 0. The molecule has 3 atom stereocenters. The van der Waals surface area contributed by atoms with Crippen LogP contribution in [-0.2, 0) is 11.8 Å². The van der Waals surface area contributed by atoms with E-state index in [0.717, 1.165) is 17.3 Å². The van der Waals surface area contributed by atoms with Crippen LogP contribution in [0.3, 0.4) is 0 Å². The van der Waals surface area contributed by atoms with Gasteiger partial charge in [0, 0.05) is 27.0 Å². The number of carbonyl (C=O) groups excluding carboxylic acids is 2. The van der Waals surface area contributed by atoms with Gasteiger partial charge in [0.2, 0.25) is 17.6 Å². The summed E-state index contributed by atoms with van der Waals surface area (Å²) in [6.07, 6.45) is -4.35. The van der Waals surface area contributed by atoms with Crippen LogP contribution in [0.5, 0.6) is 0 Å². The molecule has 2 fully saturated rings. The molecule has 3 unspecified atom stereocenters. The number of aromatic nitrogens is 4. The molecule has 3 aromatic rings. The maximum absolute atomic E-state index is 15.4. The minimum Gasteiger partial charge on any atom is -0.435 e. The SMILES string of the molecule is COCC(c1cc(F)c2oc(C(NC(=O)c3ncnn3C)C3CCC(F)(F)CC3)nc2c1)N1CC(C(F)(F)F)NC1=O. The monoisotopic (exact) mass is 603 g/mol. The number of ether oxygens (including phenoxy) is 1. The van der Waals surface area contributed by atoms with Gasteiger partial charge in [-0.2, -0.15) is 18.3 Å². The molecule has 1 aromatic carbocycles. The van der Waals surface area contributed by atoms with E-state index in [9.17, 15) is 31.5 Å². The van der Waals surface area contributed by atoms with Crippen molar-refractivity contribution in [3.63, 3.8) is 0 Å². The molecule has 3 amide bonds. The first-order chi connectivity index (χ1) is 19.8. The maximum Gasteiger partial charge on any atom is 0.410 e. The number of oxazole rings is 1. The second-order valence-electron chi connectivity index (χ2n) is 10.4. The van der Waals surface area contributed by atoms with Crippen molar-refractivity contribution in [3.8, 4) is 0 Å². The number of carbonyl (C=O) groups is 2. The highest BCUT2D eigenvalue weighted by Gasteiger charge is 2.49. The number of urea groups is 1. The molecule has 0 bridgehead atoms. The Kier molecular flexibility index (Phi) is 7.80. The van der Waals surface area contributed by atoms with Crippen molar-refractivity contribution in [2.45, 2.75) is 55.9 Å². The van der Waals surface area contributed by atoms with E-state index in [1.165, 1.54) is 24.9 Å². The van der Waals surface area contributed by atoms with E-state index in [1.807, 2.05) is 5.32 Å². The second-order valence-corrected chi connectivity index (χ2v) is 10.4. The van der Waals surface area contributed by atoms with Crippen molar-refractivity contribution >= 4 is 23.0 Å². The number of hydrogen-bond donors (Lipinski definition) is 2. The van der Waals surface area contributed by atoms with Crippen LogP contribution < -0.4 is 10.6 Å². The molecule has 1 aliphatic heterocycles. The molecule has 0 radical (unpaired) electrons. The molecule has 0 spiro atoms. The molecule has 3 heterocycles. The van der Waals surface area contributed by atoms with Crippen LogP contribution in [0.2, 0.25) is 0 Å². The number of amides is 3. The normalized spacial score (nSPS) is 21.0. The smallest absolute Gasteiger partial charge is 0.410 e. The second kappa shape index (κ2) is 11.1. The van der Waals surface area contributed by atoms with Crippen molar-refractivity contribution in [1.82, 2.24) is 35.3 Å². The number of fused-ring (bicyclic) bond motifs is 1. The number of rotatable bonds is 8. The van der Waals surface area contributed by atoms with E-state index in [2.05, 4.69) is 20.4 Å². The van der Waals surface area contributed by atoms with Crippen molar-refractivity contribution in [1.29, 1.82) is 0 Å². The Labute approximate surface area is 234 Å². The number of aryl methyl sites for hydroxylation is 1. The lowest BCUT2D eigenvalue weighted by Gasteiger charge is -2.32. The summed E-state index contributed by atoms with van der Waals surface area (Å²) in [5.74, 6) is -5.21. The molecule has 5 rings (SSSR count). The molecule has 2 aliphatic rings. The summed E-state index contributed by atoms with van der Waals surface area (Å²) in [5.41, 5.74) is -0.271. The fourth-order valence-corrected chi connectivity index (χ4v) is 5.37. The predicted molar refractivity (Wildman–Crippen MR) is 132 cm³/mol. The Bertz CT molecular complexity index is 1470. The minimum absolute atomic E-state index is 0.0174. The molecule has 2 N–H and O–H groups in total. The lowest BCUT2D eigenvalue weighted by molar-refractivity contribution is -0.150. The van der Waals surface area contributed by atoms with Gasteiger partial charge in [-0.3, -0.25) is 4.79 Å². The quantitative estimate of drug-likeness (QED) is 0.372. The number of nitrogens with one attached hydrogen (secondary N) is 2. The first kappa shape index (κ1) is 29.6. The predicted octanol–water partition coefficient (Wildman–Crippen LogP) is 4.04. The van der Waals surface area contributed by atoms with Crippen LogP contribution in [0, 0.1) is 11.7 Å². The molecular weight excluding hydrogens is 576 g/mol.